The van der Waals surface area contributed by atoms with Gasteiger partial charge in [-0.2, -0.15) is 10.5 Å². The zero-order valence-corrected chi connectivity index (χ0v) is 14.0. The van der Waals surface area contributed by atoms with Crippen molar-refractivity contribution in [2.75, 3.05) is 75.8 Å². The Kier molecular flexibility index (Phi) is 8.79. The van der Waals surface area contributed by atoms with Crippen LogP contribution in [0.3, 0.4) is 0 Å². The third kappa shape index (κ3) is 14.4. The molecule has 0 aromatic rings. The van der Waals surface area contributed by atoms with Crippen LogP contribution >= 0.6 is 0 Å². The molecule has 0 heterocycles. The largest absolute Gasteiger partial charge is 0.343 e. The summed E-state index contributed by atoms with van der Waals surface area (Å²) < 4.78 is 2.01. The van der Waals surface area contributed by atoms with Crippen LogP contribution in [0, 0.1) is 29.2 Å². The summed E-state index contributed by atoms with van der Waals surface area (Å²) in [6.07, 6.45) is 0. The second-order valence-electron chi connectivity index (χ2n) is 7.24. The van der Waals surface area contributed by atoms with Gasteiger partial charge in [-0.1, -0.05) is 0 Å². The van der Waals surface area contributed by atoms with Gasteiger partial charge in [0.15, 0.2) is 13.1 Å². The Hall–Kier alpha value is -1.65. The third-order valence-electron chi connectivity index (χ3n) is 2.26. The first-order valence-electron chi connectivity index (χ1n) is 6.41. The fraction of sp³-hybridized carbons (Fsp3) is 0.786. The smallest absolute Gasteiger partial charge is 0.319 e. The zero-order valence-electron chi connectivity index (χ0n) is 14.0. The van der Waals surface area contributed by atoms with Gasteiger partial charge in [-0.15, -0.1) is 0 Å². The lowest BCUT2D eigenvalue weighted by atomic mass is 10.5. The molecule has 0 aliphatic heterocycles. The predicted molar refractivity (Wildman–Crippen MR) is 79.5 cm³/mol. The first kappa shape index (κ1) is 20.7. The highest BCUT2D eigenvalue weighted by Gasteiger charge is 2.28. The molecule has 0 rings (SSSR count). The van der Waals surface area contributed by atoms with Crippen LogP contribution < -0.4 is 0 Å². The van der Waals surface area contributed by atoms with Crippen LogP contribution in [0.4, 0.5) is 0 Å². The number of nitriles is 2. The second kappa shape index (κ2) is 8.51. The van der Waals surface area contributed by atoms with Crippen molar-refractivity contribution in [2.45, 2.75) is 0 Å². The molecule has 20 heavy (non-hydrogen) atoms. The number of rotatable bonds is 5. The van der Waals surface area contributed by atoms with Crippen LogP contribution in [0.25, 0.3) is 4.85 Å². The van der Waals surface area contributed by atoms with Gasteiger partial charge in [0.05, 0.1) is 49.3 Å². The minimum Gasteiger partial charge on any atom is -0.319 e. The summed E-state index contributed by atoms with van der Waals surface area (Å²) in [4.78, 5) is 3.38. The molecule has 0 spiro atoms. The van der Waals surface area contributed by atoms with Gasteiger partial charge in [0.1, 0.15) is 12.1 Å². The molecule has 0 aromatic carbocycles. The van der Waals surface area contributed by atoms with Crippen LogP contribution in [-0.4, -0.2) is 89.2 Å². The lowest BCUT2D eigenvalue weighted by molar-refractivity contribution is -1.06. The predicted octanol–water partition coefficient (Wildman–Crippen LogP) is 0.713. The van der Waals surface area contributed by atoms with E-state index >= 15 is 0 Å². The first-order valence-corrected chi connectivity index (χ1v) is 6.41. The van der Waals surface area contributed by atoms with Crippen LogP contribution in [-0.2, 0) is 0 Å². The fourth-order valence-corrected chi connectivity index (χ4v) is 1.73. The molecule has 0 aromatic heterocycles. The Morgan fingerprint density at radius 3 is 1.55 bits per heavy atom. The lowest BCUT2D eigenvalue weighted by Crippen LogP contribution is -2.55. The van der Waals surface area contributed by atoms with Crippen molar-refractivity contribution in [1.82, 2.24) is 0 Å². The van der Waals surface area contributed by atoms with E-state index in [0.29, 0.717) is 28.7 Å². The van der Waals surface area contributed by atoms with Crippen LogP contribution in [0.5, 0.6) is 0 Å². The van der Waals surface area contributed by atoms with Gasteiger partial charge in [0.25, 0.3) is 0 Å². The highest BCUT2D eigenvalue weighted by atomic mass is 15.5. The molecule has 0 unspecified atom stereocenters. The molecule has 0 bridgehead atoms. The topological polar surface area (TPSA) is 51.9 Å². The van der Waals surface area contributed by atoms with Crippen LogP contribution in [0.15, 0.2) is 0 Å². The van der Waals surface area contributed by atoms with Gasteiger partial charge in [0, 0.05) is 0 Å². The van der Waals surface area contributed by atoms with E-state index in [2.05, 4.69) is 17.0 Å². The lowest BCUT2D eigenvalue weighted by Gasteiger charge is -2.33. The number of hydrogen-bond acceptors (Lipinski definition) is 2. The SMILES string of the molecule is C[N+](C)(C)CC#N.[C-]#[N+]C[N+](C)(C)C[N+](C)(C)CC#N. The van der Waals surface area contributed by atoms with Crippen molar-refractivity contribution in [3.63, 3.8) is 0 Å². The van der Waals surface area contributed by atoms with Crippen molar-refractivity contribution in [1.29, 1.82) is 10.5 Å². The van der Waals surface area contributed by atoms with Gasteiger partial charge in [-0.25, -0.2) is 11.1 Å². The monoisotopic (exact) mass is 281 g/mol. The fourth-order valence-electron chi connectivity index (χ4n) is 1.73. The molecule has 0 saturated heterocycles. The average Bonchev–Trinajstić information content (AvgIpc) is 2.13. The summed E-state index contributed by atoms with van der Waals surface area (Å²) in [5.74, 6) is 0. The molecule has 0 saturated carbocycles. The molecule has 0 fully saturated rings. The normalized spacial score (nSPS) is 11.4. The average molecular weight is 281 g/mol. The van der Waals surface area contributed by atoms with E-state index in [0.717, 1.165) is 11.2 Å². The maximum absolute atomic E-state index is 8.60. The highest BCUT2D eigenvalue weighted by Crippen LogP contribution is 2.05. The molecule has 0 N–H and O–H groups in total. The Morgan fingerprint density at radius 2 is 1.30 bits per heavy atom. The van der Waals surface area contributed by atoms with E-state index < -0.39 is 0 Å². The molecule has 6 heteroatoms. The minimum atomic E-state index is 0.465. The van der Waals surface area contributed by atoms with Gasteiger partial charge in [-0.05, 0) is 0 Å². The molecule has 112 valence electrons. The number of nitrogens with zero attached hydrogens (tertiary/aromatic N) is 6. The zero-order chi connectivity index (χ0) is 16.4. The molecule has 0 amide bonds. The maximum Gasteiger partial charge on any atom is 0.343 e. The van der Waals surface area contributed by atoms with Gasteiger partial charge in [0.2, 0.25) is 6.67 Å². The van der Waals surface area contributed by atoms with Crippen molar-refractivity contribution in [2.24, 2.45) is 0 Å². The van der Waals surface area contributed by atoms with Gasteiger partial charge >= 0.3 is 6.67 Å². The Labute approximate surface area is 124 Å². The third-order valence-corrected chi connectivity index (χ3v) is 2.26. The number of quaternary nitrogens is 3. The van der Waals surface area contributed by atoms with Gasteiger partial charge < -0.3 is 4.48 Å². The van der Waals surface area contributed by atoms with E-state index in [1.165, 1.54) is 0 Å². The molecular weight excluding hydrogens is 252 g/mol. The van der Waals surface area contributed by atoms with Crippen LogP contribution in [0.2, 0.25) is 0 Å². The molecular formula is C14H29N6+3. The number of hydrogen-bond donors (Lipinski definition) is 0. The summed E-state index contributed by atoms with van der Waals surface area (Å²) in [7, 11) is 14.0. The van der Waals surface area contributed by atoms with Crippen LogP contribution in [0.1, 0.15) is 0 Å². The first-order chi connectivity index (χ1) is 8.89. The molecule has 0 aliphatic carbocycles. The quantitative estimate of drug-likeness (QED) is 0.323. The van der Waals surface area contributed by atoms with E-state index in [9.17, 15) is 0 Å². The van der Waals surface area contributed by atoms with Crippen molar-refractivity contribution in [3.05, 3.63) is 11.4 Å². The maximum atomic E-state index is 8.60. The van der Waals surface area contributed by atoms with E-state index in [4.69, 9.17) is 17.1 Å². The second-order valence-corrected chi connectivity index (χ2v) is 7.24. The highest BCUT2D eigenvalue weighted by molar-refractivity contribution is 4.66. The van der Waals surface area contributed by atoms with Crippen molar-refractivity contribution < 1.29 is 13.4 Å². The molecule has 0 radical (unpaired) electrons. The Bertz CT molecular complexity index is 371. The Morgan fingerprint density at radius 1 is 0.850 bits per heavy atom. The molecule has 0 atom stereocenters. The minimum absolute atomic E-state index is 0.465. The van der Waals surface area contributed by atoms with Crippen molar-refractivity contribution in [3.8, 4) is 12.1 Å². The van der Waals surface area contributed by atoms with E-state index in [-0.39, 0.29) is 0 Å². The summed E-state index contributed by atoms with van der Waals surface area (Å²) in [5.41, 5.74) is 0. The van der Waals surface area contributed by atoms with Crippen molar-refractivity contribution >= 4 is 0 Å². The summed E-state index contributed by atoms with van der Waals surface area (Å²) >= 11 is 0. The molecule has 0 aliphatic rings. The summed E-state index contributed by atoms with van der Waals surface area (Å²) in [5, 5.41) is 16.7. The van der Waals surface area contributed by atoms with E-state index in [1.807, 2.05) is 49.3 Å². The summed E-state index contributed by atoms with van der Waals surface area (Å²) in [6, 6.07) is 4.24. The molecule has 6 nitrogen and oxygen atoms in total. The van der Waals surface area contributed by atoms with Gasteiger partial charge in [-0.3, -0.25) is 9.33 Å². The van der Waals surface area contributed by atoms with E-state index in [1.54, 1.807) is 0 Å². The Balaban J connectivity index is 0. The standard InChI is InChI=1S/C9H18N4.C5H11N2/c1-11-8-13(4,5)9-12(2,3)7-6-10;1-7(2,3)5-4-6/h7-9H2,2-5H3;5H2,1-3H3/q+2;+1. The summed E-state index contributed by atoms with van der Waals surface area (Å²) in [6.45, 7) is 9.14.